The maximum Gasteiger partial charge on any atom is 0.339 e. The van der Waals surface area contributed by atoms with E-state index in [1.165, 1.54) is 7.11 Å². The minimum absolute atomic E-state index is 0.0222. The molecule has 4 aliphatic rings. The van der Waals surface area contributed by atoms with Gasteiger partial charge in [0, 0.05) is 30.3 Å². The molecule has 0 amide bonds. The third-order valence-corrected chi connectivity index (χ3v) is 8.23. The Hall–Kier alpha value is -2.11. The fourth-order valence-corrected chi connectivity index (χ4v) is 7.23. The normalized spacial score (nSPS) is 38.0. The quantitative estimate of drug-likeness (QED) is 0.387. The van der Waals surface area contributed by atoms with E-state index in [0.717, 1.165) is 25.8 Å². The van der Waals surface area contributed by atoms with E-state index in [2.05, 4.69) is 25.7 Å². The Morgan fingerprint density at radius 1 is 1.11 bits per heavy atom. The molecule has 3 aliphatic heterocycles. The fraction of sp³-hybridized carbons (Fsp3) is 0.720. The van der Waals surface area contributed by atoms with Gasteiger partial charge in [-0.05, 0) is 30.1 Å². The molecular formula is C25H35NO9. The van der Waals surface area contributed by atoms with Gasteiger partial charge < -0.3 is 39.7 Å². The second-order valence-electron chi connectivity index (χ2n) is 11.7. The summed E-state index contributed by atoms with van der Waals surface area (Å²) in [6.45, 7) is 7.25. The predicted octanol–water partition coefficient (Wildman–Crippen LogP) is 1.20. The largest absolute Gasteiger partial charge is 0.504 e. The lowest BCUT2D eigenvalue weighted by molar-refractivity contribution is -0.235. The number of fused-ring (bicyclic) bond motifs is 5. The number of hydrogen-bond acceptors (Lipinski definition) is 10. The van der Waals surface area contributed by atoms with Crippen LogP contribution in [-0.2, 0) is 16.0 Å². The number of aliphatic hydroxyl groups is 3. The van der Waals surface area contributed by atoms with Crippen molar-refractivity contribution in [1.29, 1.82) is 0 Å². The number of esters is 1. The van der Waals surface area contributed by atoms with Gasteiger partial charge in [0.2, 0.25) is 5.75 Å². The Bertz CT molecular complexity index is 1040. The molecule has 1 saturated carbocycles. The summed E-state index contributed by atoms with van der Waals surface area (Å²) < 4.78 is 16.6. The third kappa shape index (κ3) is 3.77. The first kappa shape index (κ1) is 24.6. The molecule has 0 spiro atoms. The summed E-state index contributed by atoms with van der Waals surface area (Å²) in [6, 6.07) is 0.271. The van der Waals surface area contributed by atoms with Gasteiger partial charge in [-0.25, -0.2) is 4.79 Å². The van der Waals surface area contributed by atoms with Crippen molar-refractivity contribution in [2.45, 2.75) is 83.1 Å². The molecule has 10 nitrogen and oxygen atoms in total. The zero-order chi connectivity index (χ0) is 25.4. The fourth-order valence-electron chi connectivity index (χ4n) is 7.23. The second-order valence-corrected chi connectivity index (χ2v) is 11.7. The highest BCUT2D eigenvalue weighted by Crippen LogP contribution is 2.55. The number of ether oxygens (including phenoxy) is 3. The van der Waals surface area contributed by atoms with Crippen LogP contribution in [0.2, 0.25) is 0 Å². The van der Waals surface area contributed by atoms with Gasteiger partial charge in [-0.1, -0.05) is 20.8 Å². The summed E-state index contributed by atoms with van der Waals surface area (Å²) in [4.78, 5) is 15.5. The molecule has 194 valence electrons. The highest BCUT2D eigenvalue weighted by molar-refractivity contribution is 5.97. The van der Waals surface area contributed by atoms with E-state index >= 15 is 0 Å². The molecule has 1 aliphatic carbocycles. The van der Waals surface area contributed by atoms with Gasteiger partial charge in [0.1, 0.15) is 24.4 Å². The molecule has 5 N–H and O–H groups in total. The molecule has 2 bridgehead atoms. The van der Waals surface area contributed by atoms with Crippen molar-refractivity contribution in [1.82, 2.24) is 4.90 Å². The maximum atomic E-state index is 13.2. The van der Waals surface area contributed by atoms with E-state index < -0.39 is 48.8 Å². The lowest BCUT2D eigenvalue weighted by Gasteiger charge is -2.45. The lowest BCUT2D eigenvalue weighted by atomic mass is 9.65. The van der Waals surface area contributed by atoms with E-state index in [9.17, 15) is 30.3 Å². The van der Waals surface area contributed by atoms with Crippen LogP contribution in [0.1, 0.15) is 67.6 Å². The van der Waals surface area contributed by atoms with Crippen LogP contribution in [0.4, 0.5) is 0 Å². The molecular weight excluding hydrogens is 458 g/mol. The minimum atomic E-state index is -1.54. The summed E-state index contributed by atoms with van der Waals surface area (Å²) in [5, 5.41) is 52.6. The summed E-state index contributed by atoms with van der Waals surface area (Å²) in [5.74, 6) is -1.88. The number of phenols is 2. The predicted molar refractivity (Wildman–Crippen MR) is 122 cm³/mol. The molecule has 35 heavy (non-hydrogen) atoms. The summed E-state index contributed by atoms with van der Waals surface area (Å²) in [7, 11) is 1.30. The lowest BCUT2D eigenvalue weighted by Crippen LogP contribution is -2.58. The number of phenolic OH excluding ortho intramolecular Hbond substituents is 2. The van der Waals surface area contributed by atoms with Crippen molar-refractivity contribution in [3.05, 3.63) is 16.7 Å². The third-order valence-electron chi connectivity index (χ3n) is 8.23. The van der Waals surface area contributed by atoms with Gasteiger partial charge in [0.15, 0.2) is 17.6 Å². The minimum Gasteiger partial charge on any atom is -0.504 e. The van der Waals surface area contributed by atoms with Crippen LogP contribution < -0.4 is 4.74 Å². The average molecular weight is 494 g/mol. The Morgan fingerprint density at radius 2 is 1.83 bits per heavy atom. The van der Waals surface area contributed by atoms with Crippen LogP contribution in [0.15, 0.2) is 0 Å². The number of nitrogens with zero attached hydrogens (tertiary/aromatic N) is 1. The van der Waals surface area contributed by atoms with Gasteiger partial charge in [-0.3, -0.25) is 4.90 Å². The standard InChI is InChI=1S/C25H35NO9/c1-24(2)5-11-6-25(3,9-24)10-26(11)7-12-14-15(18(30)21(33-4)16(12)28)20-22(35-23(14)32)19(31)17(29)13(8-27)34-20/h11,13,17,19-20,22,27-31H,5-10H2,1-4H3/t11-,13+,17+,19-,20-,22+,25+/m0/s1. The van der Waals surface area contributed by atoms with Crippen LogP contribution in [-0.4, -0.2) is 87.1 Å². The molecule has 3 heterocycles. The monoisotopic (exact) mass is 493 g/mol. The first-order chi connectivity index (χ1) is 16.4. The number of aliphatic hydroxyl groups excluding tert-OH is 3. The number of rotatable bonds is 4. The molecule has 1 aromatic carbocycles. The van der Waals surface area contributed by atoms with Gasteiger partial charge in [0.25, 0.3) is 0 Å². The Kier molecular flexibility index (Phi) is 5.76. The molecule has 0 aromatic heterocycles. The van der Waals surface area contributed by atoms with Crippen molar-refractivity contribution in [2.24, 2.45) is 10.8 Å². The van der Waals surface area contributed by atoms with Crippen molar-refractivity contribution >= 4 is 5.97 Å². The van der Waals surface area contributed by atoms with E-state index in [4.69, 9.17) is 14.2 Å². The molecule has 7 atom stereocenters. The molecule has 1 aromatic rings. The zero-order valence-electron chi connectivity index (χ0n) is 20.5. The number of likely N-dealkylation sites (tertiary alicyclic amines) is 1. The molecule has 10 heteroatoms. The van der Waals surface area contributed by atoms with Crippen LogP contribution >= 0.6 is 0 Å². The summed E-state index contributed by atoms with van der Waals surface area (Å²) >= 11 is 0. The van der Waals surface area contributed by atoms with Gasteiger partial charge in [-0.2, -0.15) is 0 Å². The topological polar surface area (TPSA) is 149 Å². The number of carbonyl (C=O) groups is 1. The van der Waals surface area contributed by atoms with Crippen molar-refractivity contribution < 1.29 is 44.5 Å². The van der Waals surface area contributed by atoms with Gasteiger partial charge in [-0.15, -0.1) is 0 Å². The van der Waals surface area contributed by atoms with Crippen LogP contribution in [0, 0.1) is 10.8 Å². The van der Waals surface area contributed by atoms with Crippen LogP contribution in [0.3, 0.4) is 0 Å². The zero-order valence-corrected chi connectivity index (χ0v) is 20.5. The first-order valence-electron chi connectivity index (χ1n) is 12.1. The Balaban J connectivity index is 1.60. The molecule has 0 unspecified atom stereocenters. The van der Waals surface area contributed by atoms with E-state index in [1.807, 2.05) is 0 Å². The number of hydrogen-bond donors (Lipinski definition) is 5. The van der Waals surface area contributed by atoms with Gasteiger partial charge >= 0.3 is 5.97 Å². The van der Waals surface area contributed by atoms with Crippen LogP contribution in [0.25, 0.3) is 0 Å². The molecule has 2 saturated heterocycles. The second kappa shape index (κ2) is 8.21. The SMILES string of the molecule is COc1c(O)c(CN2C[C@]3(C)C[C@@H]2CC(C)(C)C3)c2c(c1O)[C@@H]1O[C@H](CO)[C@@H](O)[C@H](O)[C@H]1OC2=O. The number of carbonyl (C=O) groups excluding carboxylic acids is 1. The molecule has 5 rings (SSSR count). The van der Waals surface area contributed by atoms with E-state index in [1.54, 1.807) is 0 Å². The van der Waals surface area contributed by atoms with Crippen molar-refractivity contribution in [3.8, 4) is 17.2 Å². The summed E-state index contributed by atoms with van der Waals surface area (Å²) in [5.41, 5.74) is 0.549. The number of aromatic hydroxyl groups is 2. The smallest absolute Gasteiger partial charge is 0.339 e. The number of methoxy groups -OCH3 is 1. The first-order valence-corrected chi connectivity index (χ1v) is 12.1. The van der Waals surface area contributed by atoms with Crippen molar-refractivity contribution in [3.63, 3.8) is 0 Å². The highest BCUT2D eigenvalue weighted by atomic mass is 16.6. The molecule has 3 fully saturated rings. The van der Waals surface area contributed by atoms with Crippen LogP contribution in [0.5, 0.6) is 17.2 Å². The maximum absolute atomic E-state index is 13.2. The summed E-state index contributed by atoms with van der Waals surface area (Å²) in [6.07, 6.45) is -3.55. The highest BCUT2D eigenvalue weighted by Gasteiger charge is 2.54. The average Bonchev–Trinajstić information content (AvgIpc) is 3.01. The van der Waals surface area contributed by atoms with E-state index in [0.29, 0.717) is 0 Å². The van der Waals surface area contributed by atoms with E-state index in [-0.39, 0.29) is 51.6 Å². The number of benzene rings is 1. The molecule has 0 radical (unpaired) electrons. The van der Waals surface area contributed by atoms with Gasteiger partial charge in [0.05, 0.1) is 19.3 Å². The Morgan fingerprint density at radius 3 is 2.49 bits per heavy atom. The van der Waals surface area contributed by atoms with Crippen molar-refractivity contribution in [2.75, 3.05) is 20.3 Å². The Labute approximate surface area is 204 Å².